The molecule has 0 aliphatic heterocycles. The van der Waals surface area contributed by atoms with Gasteiger partial charge in [0.2, 0.25) is 0 Å². The molecule has 22 heavy (non-hydrogen) atoms. The maximum atomic E-state index is 12.0. The molecule has 0 spiro atoms. The summed E-state index contributed by atoms with van der Waals surface area (Å²) in [4.78, 5) is 18.8. The molecule has 0 atom stereocenters. The number of H-pyrrole nitrogens is 1. The van der Waals surface area contributed by atoms with E-state index in [0.717, 1.165) is 12.8 Å². The fourth-order valence-corrected chi connectivity index (χ4v) is 2.63. The second-order valence-electron chi connectivity index (χ2n) is 5.44. The van der Waals surface area contributed by atoms with Crippen molar-refractivity contribution in [2.75, 3.05) is 5.32 Å². The van der Waals surface area contributed by atoms with Crippen molar-refractivity contribution in [3.63, 3.8) is 0 Å². The van der Waals surface area contributed by atoms with E-state index in [1.165, 1.54) is 25.6 Å². The van der Waals surface area contributed by atoms with E-state index in [0.29, 0.717) is 17.5 Å². The molecule has 0 radical (unpaired) electrons. The Kier molecular flexibility index (Phi) is 4.58. The average Bonchev–Trinajstić information content (AvgIpc) is 2.56. The van der Waals surface area contributed by atoms with Crippen molar-refractivity contribution >= 4 is 17.2 Å². The molecule has 6 heteroatoms. The number of azo groups is 1. The molecule has 114 valence electrons. The molecular formula is C16H19N5O. The molecule has 1 fully saturated rings. The third-order valence-electron chi connectivity index (χ3n) is 3.80. The molecule has 3 rings (SSSR count). The first-order chi connectivity index (χ1) is 10.8. The molecule has 1 aromatic heterocycles. The van der Waals surface area contributed by atoms with E-state index in [4.69, 9.17) is 0 Å². The number of anilines is 1. The van der Waals surface area contributed by atoms with Crippen LogP contribution in [0.2, 0.25) is 0 Å². The van der Waals surface area contributed by atoms with Crippen LogP contribution in [-0.4, -0.2) is 16.0 Å². The smallest absolute Gasteiger partial charge is 0.280 e. The number of nitrogens with zero attached hydrogens (tertiary/aromatic N) is 3. The Morgan fingerprint density at radius 3 is 2.64 bits per heavy atom. The van der Waals surface area contributed by atoms with Crippen LogP contribution < -0.4 is 10.9 Å². The van der Waals surface area contributed by atoms with E-state index in [1.807, 2.05) is 30.3 Å². The van der Waals surface area contributed by atoms with Crippen molar-refractivity contribution in [2.45, 2.75) is 38.1 Å². The van der Waals surface area contributed by atoms with Crippen LogP contribution in [0.25, 0.3) is 0 Å². The second kappa shape index (κ2) is 6.98. The highest BCUT2D eigenvalue weighted by molar-refractivity contribution is 5.58. The number of nitrogens with one attached hydrogen (secondary N) is 2. The molecule has 0 saturated heterocycles. The van der Waals surface area contributed by atoms with Crippen LogP contribution in [0.5, 0.6) is 0 Å². The molecule has 0 bridgehead atoms. The van der Waals surface area contributed by atoms with E-state index in [2.05, 4.69) is 25.5 Å². The van der Waals surface area contributed by atoms with Crippen LogP contribution in [0.15, 0.2) is 51.7 Å². The number of aromatic amines is 1. The van der Waals surface area contributed by atoms with Gasteiger partial charge in [0.05, 0.1) is 12.0 Å². The average molecular weight is 297 g/mol. The zero-order valence-corrected chi connectivity index (χ0v) is 12.3. The molecule has 1 aromatic carbocycles. The zero-order valence-electron chi connectivity index (χ0n) is 12.3. The van der Waals surface area contributed by atoms with E-state index < -0.39 is 0 Å². The molecule has 6 nitrogen and oxygen atoms in total. The summed E-state index contributed by atoms with van der Waals surface area (Å²) in [6.45, 7) is 0. The van der Waals surface area contributed by atoms with Gasteiger partial charge in [-0.3, -0.25) is 4.79 Å². The summed E-state index contributed by atoms with van der Waals surface area (Å²) in [7, 11) is 0. The Morgan fingerprint density at radius 1 is 1.09 bits per heavy atom. The zero-order chi connectivity index (χ0) is 15.2. The third-order valence-corrected chi connectivity index (χ3v) is 3.80. The normalized spacial score (nSPS) is 16.0. The van der Waals surface area contributed by atoms with Gasteiger partial charge in [0, 0.05) is 6.04 Å². The molecule has 2 N–H and O–H groups in total. The summed E-state index contributed by atoms with van der Waals surface area (Å²) in [5.74, 6) is 0.510. The predicted molar refractivity (Wildman–Crippen MR) is 86.0 cm³/mol. The topological polar surface area (TPSA) is 82.5 Å². The number of hydrogen-bond donors (Lipinski definition) is 2. The highest BCUT2D eigenvalue weighted by Gasteiger charge is 2.16. The van der Waals surface area contributed by atoms with Gasteiger partial charge in [-0.2, -0.15) is 5.11 Å². The Morgan fingerprint density at radius 2 is 1.86 bits per heavy atom. The maximum absolute atomic E-state index is 12.0. The summed E-state index contributed by atoms with van der Waals surface area (Å²) in [6, 6.07) is 9.69. The van der Waals surface area contributed by atoms with E-state index in [-0.39, 0.29) is 11.2 Å². The molecule has 0 amide bonds. The van der Waals surface area contributed by atoms with Crippen LogP contribution in [0.1, 0.15) is 32.1 Å². The number of hydrogen-bond acceptors (Lipinski definition) is 5. The van der Waals surface area contributed by atoms with E-state index in [9.17, 15) is 4.79 Å². The monoisotopic (exact) mass is 297 g/mol. The van der Waals surface area contributed by atoms with Gasteiger partial charge in [-0.05, 0) is 25.0 Å². The predicted octanol–water partition coefficient (Wildman–Crippen LogP) is 3.93. The number of rotatable bonds is 4. The first kappa shape index (κ1) is 14.4. The second-order valence-corrected chi connectivity index (χ2v) is 5.44. The standard InChI is InChI=1S/C16H19N5O/c22-16-14(21-20-13-9-5-2-6-10-13)15(17-11-18-16)19-12-7-3-1-4-8-12/h2,5-6,9-12H,1,3-4,7-8H2,(H2,17,18,19,22). The molecule has 1 aliphatic rings. The van der Waals surface area contributed by atoms with Gasteiger partial charge in [-0.25, -0.2) is 4.98 Å². The fourth-order valence-electron chi connectivity index (χ4n) is 2.63. The minimum Gasteiger partial charge on any atom is -0.365 e. The van der Waals surface area contributed by atoms with Crippen molar-refractivity contribution in [1.82, 2.24) is 9.97 Å². The summed E-state index contributed by atoms with van der Waals surface area (Å²) >= 11 is 0. The number of benzene rings is 1. The first-order valence-electron chi connectivity index (χ1n) is 7.64. The summed E-state index contributed by atoms with van der Waals surface area (Å²) in [6.07, 6.45) is 7.30. The van der Waals surface area contributed by atoms with Crippen molar-refractivity contribution in [1.29, 1.82) is 0 Å². The van der Waals surface area contributed by atoms with Gasteiger partial charge in [-0.15, -0.1) is 5.11 Å². The lowest BCUT2D eigenvalue weighted by Gasteiger charge is -2.23. The van der Waals surface area contributed by atoms with Gasteiger partial charge in [0.25, 0.3) is 5.56 Å². The molecule has 0 unspecified atom stereocenters. The van der Waals surface area contributed by atoms with Gasteiger partial charge >= 0.3 is 0 Å². The molecule has 1 heterocycles. The summed E-state index contributed by atoms with van der Waals surface area (Å²) < 4.78 is 0. The Bertz CT molecular complexity index is 689. The van der Waals surface area contributed by atoms with Crippen molar-refractivity contribution in [3.05, 3.63) is 47.0 Å². The minimum absolute atomic E-state index is 0.233. The Balaban J connectivity index is 1.83. The Hall–Kier alpha value is -2.50. The largest absolute Gasteiger partial charge is 0.365 e. The van der Waals surface area contributed by atoms with Crippen LogP contribution in [0.4, 0.5) is 17.2 Å². The van der Waals surface area contributed by atoms with Gasteiger partial charge in [0.1, 0.15) is 0 Å². The third kappa shape index (κ3) is 3.58. The highest BCUT2D eigenvalue weighted by atomic mass is 16.1. The summed E-state index contributed by atoms with van der Waals surface area (Å²) in [5.41, 5.74) is 0.652. The van der Waals surface area contributed by atoms with E-state index in [1.54, 1.807) is 0 Å². The maximum Gasteiger partial charge on any atom is 0.280 e. The Labute approximate surface area is 128 Å². The molecule has 1 saturated carbocycles. The van der Waals surface area contributed by atoms with Crippen molar-refractivity contribution in [3.8, 4) is 0 Å². The molecule has 1 aliphatic carbocycles. The summed E-state index contributed by atoms with van der Waals surface area (Å²) in [5, 5.41) is 11.6. The van der Waals surface area contributed by atoms with Gasteiger partial charge in [-0.1, -0.05) is 37.5 Å². The van der Waals surface area contributed by atoms with Crippen molar-refractivity contribution in [2.24, 2.45) is 10.2 Å². The molecular weight excluding hydrogens is 278 g/mol. The van der Waals surface area contributed by atoms with Crippen LogP contribution >= 0.6 is 0 Å². The van der Waals surface area contributed by atoms with Gasteiger partial charge in [0.15, 0.2) is 11.5 Å². The lowest BCUT2D eigenvalue weighted by atomic mass is 9.95. The SMILES string of the molecule is O=c1[nH]cnc(NC2CCCCC2)c1N=Nc1ccccc1. The fraction of sp³-hybridized carbons (Fsp3) is 0.375. The number of aromatic nitrogens is 2. The van der Waals surface area contributed by atoms with Crippen LogP contribution in [0, 0.1) is 0 Å². The highest BCUT2D eigenvalue weighted by Crippen LogP contribution is 2.25. The lowest BCUT2D eigenvalue weighted by Crippen LogP contribution is -2.24. The lowest BCUT2D eigenvalue weighted by molar-refractivity contribution is 0.462. The quantitative estimate of drug-likeness (QED) is 0.839. The van der Waals surface area contributed by atoms with Crippen molar-refractivity contribution < 1.29 is 0 Å². The van der Waals surface area contributed by atoms with Crippen LogP contribution in [0.3, 0.4) is 0 Å². The molecule has 2 aromatic rings. The van der Waals surface area contributed by atoms with Gasteiger partial charge < -0.3 is 10.3 Å². The first-order valence-corrected chi connectivity index (χ1v) is 7.64. The van der Waals surface area contributed by atoms with E-state index >= 15 is 0 Å². The minimum atomic E-state index is -0.284. The van der Waals surface area contributed by atoms with Crippen LogP contribution in [-0.2, 0) is 0 Å².